The summed E-state index contributed by atoms with van der Waals surface area (Å²) in [4.78, 5) is 0. The molecule has 2 aliphatic carbocycles. The van der Waals surface area contributed by atoms with Gasteiger partial charge in [0.15, 0.2) is 0 Å². The van der Waals surface area contributed by atoms with E-state index in [0.717, 1.165) is 18.4 Å². The number of hydrogen-bond donors (Lipinski definition) is 0. The minimum atomic E-state index is 0.171. The molecule has 5 atom stereocenters. The van der Waals surface area contributed by atoms with Gasteiger partial charge in [0.1, 0.15) is 0 Å². The molecule has 2 saturated carbocycles. The van der Waals surface area contributed by atoms with E-state index in [-0.39, 0.29) is 5.60 Å². The molecule has 3 aliphatic rings. The monoisotopic (exact) mass is 362 g/mol. The van der Waals surface area contributed by atoms with Gasteiger partial charge in [-0.2, -0.15) is 0 Å². The maximum absolute atomic E-state index is 6.23. The van der Waals surface area contributed by atoms with Crippen molar-refractivity contribution in [1.82, 2.24) is 0 Å². The van der Waals surface area contributed by atoms with Crippen molar-refractivity contribution in [3.63, 3.8) is 0 Å². The molecule has 3 rings (SSSR count). The molecule has 0 radical (unpaired) electrons. The first-order chi connectivity index (χ1) is 8.30. The van der Waals surface area contributed by atoms with Crippen LogP contribution in [0.3, 0.4) is 0 Å². The van der Waals surface area contributed by atoms with Gasteiger partial charge in [-0.05, 0) is 49.4 Å². The van der Waals surface area contributed by atoms with E-state index in [1.807, 2.05) is 0 Å². The molecular formula is C16H27IO. The number of rotatable bonds is 0. The Hall–Kier alpha value is 0.690. The Labute approximate surface area is 126 Å². The van der Waals surface area contributed by atoms with Gasteiger partial charge in [-0.15, -0.1) is 0 Å². The zero-order valence-electron chi connectivity index (χ0n) is 12.3. The highest BCUT2D eigenvalue weighted by Crippen LogP contribution is 2.65. The standard InChI is InChI=1S/C16H27IO/c1-14(2)7-5-8-15(3)12(14)6-9-16(4)13(15)11(17)10-18-16/h11-13H,5-10H2,1-4H3. The van der Waals surface area contributed by atoms with Crippen LogP contribution in [0.2, 0.25) is 0 Å². The Balaban J connectivity index is 2.01. The van der Waals surface area contributed by atoms with E-state index in [1.165, 1.54) is 32.1 Å². The Morgan fingerprint density at radius 1 is 1.06 bits per heavy atom. The third-order valence-electron chi connectivity index (χ3n) is 6.51. The smallest absolute Gasteiger partial charge is 0.0699 e. The van der Waals surface area contributed by atoms with Crippen LogP contribution in [0, 0.1) is 22.7 Å². The molecule has 3 fully saturated rings. The van der Waals surface area contributed by atoms with Crippen molar-refractivity contribution in [3.8, 4) is 0 Å². The summed E-state index contributed by atoms with van der Waals surface area (Å²) >= 11 is 2.66. The summed E-state index contributed by atoms with van der Waals surface area (Å²) in [6.45, 7) is 11.0. The average molecular weight is 362 g/mol. The first-order valence-electron chi connectivity index (χ1n) is 7.58. The molecule has 18 heavy (non-hydrogen) atoms. The van der Waals surface area contributed by atoms with Crippen molar-refractivity contribution in [1.29, 1.82) is 0 Å². The molecule has 0 aromatic heterocycles. The molecule has 0 spiro atoms. The van der Waals surface area contributed by atoms with Crippen molar-refractivity contribution < 1.29 is 4.74 Å². The van der Waals surface area contributed by atoms with Crippen LogP contribution in [0.15, 0.2) is 0 Å². The van der Waals surface area contributed by atoms with Gasteiger partial charge < -0.3 is 4.74 Å². The largest absolute Gasteiger partial charge is 0.374 e. The van der Waals surface area contributed by atoms with E-state index >= 15 is 0 Å². The Bertz CT molecular complexity index is 353. The van der Waals surface area contributed by atoms with Crippen molar-refractivity contribution in [2.45, 2.75) is 69.3 Å². The maximum atomic E-state index is 6.23. The number of hydrogen-bond acceptors (Lipinski definition) is 1. The van der Waals surface area contributed by atoms with Crippen LogP contribution in [0.25, 0.3) is 0 Å². The third-order valence-corrected chi connectivity index (χ3v) is 7.59. The Kier molecular flexibility index (Phi) is 3.11. The van der Waals surface area contributed by atoms with Gasteiger partial charge in [0.2, 0.25) is 0 Å². The summed E-state index contributed by atoms with van der Waals surface area (Å²) in [6, 6.07) is 0. The predicted molar refractivity (Wildman–Crippen MR) is 84.1 cm³/mol. The SMILES string of the molecule is CC1(C)CCCC2(C)C1CCC1(C)OCC(I)C12. The topological polar surface area (TPSA) is 9.23 Å². The van der Waals surface area contributed by atoms with Gasteiger partial charge in [-0.3, -0.25) is 0 Å². The first-order valence-corrected chi connectivity index (χ1v) is 8.82. The van der Waals surface area contributed by atoms with Crippen LogP contribution in [0.4, 0.5) is 0 Å². The normalized spacial score (nSPS) is 54.8. The summed E-state index contributed by atoms with van der Waals surface area (Å²) < 4.78 is 6.95. The lowest BCUT2D eigenvalue weighted by Gasteiger charge is -2.60. The number of fused-ring (bicyclic) bond motifs is 3. The quantitative estimate of drug-likeness (QED) is 0.443. The second-order valence-corrected chi connectivity index (χ2v) is 9.66. The van der Waals surface area contributed by atoms with E-state index < -0.39 is 0 Å². The average Bonchev–Trinajstić information content (AvgIpc) is 2.54. The molecule has 1 heterocycles. The molecule has 0 aromatic rings. The molecule has 1 saturated heterocycles. The van der Waals surface area contributed by atoms with E-state index in [1.54, 1.807) is 0 Å². The van der Waals surface area contributed by atoms with Crippen LogP contribution < -0.4 is 0 Å². The summed E-state index contributed by atoms with van der Waals surface area (Å²) in [5, 5.41) is 0. The Morgan fingerprint density at radius 2 is 1.78 bits per heavy atom. The summed E-state index contributed by atoms with van der Waals surface area (Å²) in [6.07, 6.45) is 6.91. The van der Waals surface area contributed by atoms with Gasteiger partial charge in [-0.1, -0.05) is 49.8 Å². The molecule has 0 N–H and O–H groups in total. The summed E-state index contributed by atoms with van der Waals surface area (Å²) in [5.41, 5.74) is 1.22. The summed E-state index contributed by atoms with van der Waals surface area (Å²) in [5.74, 6) is 1.67. The molecular weight excluding hydrogens is 335 g/mol. The molecule has 0 amide bonds. The Morgan fingerprint density at radius 3 is 2.50 bits per heavy atom. The molecule has 2 heteroatoms. The van der Waals surface area contributed by atoms with Crippen molar-refractivity contribution in [2.24, 2.45) is 22.7 Å². The van der Waals surface area contributed by atoms with E-state index in [9.17, 15) is 0 Å². The maximum Gasteiger partial charge on any atom is 0.0699 e. The zero-order chi connectivity index (χ0) is 13.2. The number of halogens is 1. The van der Waals surface area contributed by atoms with Crippen molar-refractivity contribution in [2.75, 3.05) is 6.61 Å². The number of ether oxygens (including phenoxy) is 1. The molecule has 0 bridgehead atoms. The van der Waals surface area contributed by atoms with Gasteiger partial charge >= 0.3 is 0 Å². The van der Waals surface area contributed by atoms with E-state index in [4.69, 9.17) is 4.74 Å². The second-order valence-electron chi connectivity index (χ2n) is 8.06. The molecule has 1 nitrogen and oxygen atoms in total. The van der Waals surface area contributed by atoms with Crippen molar-refractivity contribution >= 4 is 22.6 Å². The fourth-order valence-corrected chi connectivity index (χ4v) is 7.63. The third kappa shape index (κ3) is 1.73. The molecule has 0 aromatic carbocycles. The zero-order valence-corrected chi connectivity index (χ0v) is 14.4. The van der Waals surface area contributed by atoms with Gasteiger partial charge in [0.25, 0.3) is 0 Å². The lowest BCUT2D eigenvalue weighted by Crippen LogP contribution is -2.57. The second kappa shape index (κ2) is 4.09. The van der Waals surface area contributed by atoms with E-state index in [0.29, 0.717) is 14.8 Å². The van der Waals surface area contributed by atoms with Gasteiger partial charge in [-0.25, -0.2) is 0 Å². The highest BCUT2D eigenvalue weighted by atomic mass is 127. The highest BCUT2D eigenvalue weighted by Gasteiger charge is 2.62. The van der Waals surface area contributed by atoms with Crippen LogP contribution >= 0.6 is 22.6 Å². The fourth-order valence-electron chi connectivity index (χ4n) is 5.87. The van der Waals surface area contributed by atoms with Crippen molar-refractivity contribution in [3.05, 3.63) is 0 Å². The van der Waals surface area contributed by atoms with Crippen LogP contribution in [0.1, 0.15) is 59.8 Å². The van der Waals surface area contributed by atoms with Crippen LogP contribution in [-0.4, -0.2) is 16.1 Å². The van der Waals surface area contributed by atoms with Gasteiger partial charge in [0, 0.05) is 9.84 Å². The molecule has 104 valence electrons. The first kappa shape index (κ1) is 13.7. The highest BCUT2D eigenvalue weighted by molar-refractivity contribution is 14.1. The van der Waals surface area contributed by atoms with Gasteiger partial charge in [0.05, 0.1) is 12.2 Å². The van der Waals surface area contributed by atoms with Crippen LogP contribution in [-0.2, 0) is 4.74 Å². The van der Waals surface area contributed by atoms with E-state index in [2.05, 4.69) is 50.3 Å². The molecule has 1 aliphatic heterocycles. The minimum absolute atomic E-state index is 0.171. The molecule has 5 unspecified atom stereocenters. The fraction of sp³-hybridized carbons (Fsp3) is 1.00. The lowest BCUT2D eigenvalue weighted by molar-refractivity contribution is -0.146. The summed E-state index contributed by atoms with van der Waals surface area (Å²) in [7, 11) is 0. The van der Waals surface area contributed by atoms with Crippen LogP contribution in [0.5, 0.6) is 0 Å². The lowest BCUT2D eigenvalue weighted by atomic mass is 9.45. The predicted octanol–water partition coefficient (Wildman–Crippen LogP) is 4.82. The minimum Gasteiger partial charge on any atom is -0.374 e. The number of alkyl halides is 1.